The number of nitrogens with one attached hydrogen (secondary N) is 3. The van der Waals surface area contributed by atoms with Gasteiger partial charge in [0.2, 0.25) is 5.91 Å². The fourth-order valence-corrected chi connectivity index (χ4v) is 2.85. The van der Waals surface area contributed by atoms with E-state index in [2.05, 4.69) is 16.2 Å². The molecule has 0 bridgehead atoms. The average molecular weight is 428 g/mol. The SMILES string of the molecule is O=C(COc1ccc2ccccc2c1)NNC(=S)NC(=O)Cc1ccc(Cl)cc1. The van der Waals surface area contributed by atoms with Crippen LogP contribution in [0.4, 0.5) is 0 Å². The standard InChI is InChI=1S/C21H18ClN3O3S/c22-17-8-5-14(6-9-17)11-19(26)23-21(29)25-24-20(27)13-28-18-10-7-15-3-1-2-4-16(15)12-18/h1-10,12H,11,13H2,(H,24,27)(H2,23,25,26,29). The van der Waals surface area contributed by atoms with Crippen molar-refractivity contribution in [2.24, 2.45) is 0 Å². The van der Waals surface area contributed by atoms with Crippen molar-refractivity contribution in [2.75, 3.05) is 6.61 Å². The molecule has 0 fully saturated rings. The van der Waals surface area contributed by atoms with Gasteiger partial charge < -0.3 is 10.1 Å². The molecule has 3 rings (SSSR count). The Balaban J connectivity index is 1.39. The van der Waals surface area contributed by atoms with Crippen LogP contribution in [0.3, 0.4) is 0 Å². The highest BCUT2D eigenvalue weighted by Crippen LogP contribution is 2.20. The number of benzene rings is 3. The monoisotopic (exact) mass is 427 g/mol. The minimum Gasteiger partial charge on any atom is -0.484 e. The summed E-state index contributed by atoms with van der Waals surface area (Å²) >= 11 is 10.8. The largest absolute Gasteiger partial charge is 0.484 e. The fourth-order valence-electron chi connectivity index (χ4n) is 2.56. The van der Waals surface area contributed by atoms with Crippen LogP contribution in [0.15, 0.2) is 66.7 Å². The smallest absolute Gasteiger partial charge is 0.276 e. The van der Waals surface area contributed by atoms with Gasteiger partial charge in [-0.25, -0.2) is 0 Å². The van der Waals surface area contributed by atoms with Crippen LogP contribution in [0.5, 0.6) is 5.75 Å². The normalized spacial score (nSPS) is 10.2. The molecule has 0 aliphatic heterocycles. The first kappa shape index (κ1) is 20.6. The number of rotatable bonds is 5. The molecule has 0 heterocycles. The van der Waals surface area contributed by atoms with E-state index >= 15 is 0 Å². The zero-order valence-electron chi connectivity index (χ0n) is 15.3. The highest BCUT2D eigenvalue weighted by atomic mass is 35.5. The third-order valence-corrected chi connectivity index (χ3v) is 4.39. The Labute approximate surface area is 178 Å². The summed E-state index contributed by atoms with van der Waals surface area (Å²) in [5, 5.41) is 5.18. The molecule has 148 valence electrons. The lowest BCUT2D eigenvalue weighted by Gasteiger charge is -2.11. The molecule has 3 N–H and O–H groups in total. The number of hydrogen-bond acceptors (Lipinski definition) is 4. The molecule has 29 heavy (non-hydrogen) atoms. The van der Waals surface area contributed by atoms with Gasteiger partial charge in [0.15, 0.2) is 11.7 Å². The van der Waals surface area contributed by atoms with E-state index in [4.69, 9.17) is 28.6 Å². The fraction of sp³-hybridized carbons (Fsp3) is 0.0952. The van der Waals surface area contributed by atoms with E-state index in [-0.39, 0.29) is 24.0 Å². The Bertz CT molecular complexity index is 1040. The summed E-state index contributed by atoms with van der Waals surface area (Å²) in [6, 6.07) is 20.4. The number of hydrazine groups is 1. The van der Waals surface area contributed by atoms with Gasteiger partial charge in [0.05, 0.1) is 6.42 Å². The maximum absolute atomic E-state index is 12.0. The highest BCUT2D eigenvalue weighted by molar-refractivity contribution is 7.80. The third kappa shape index (κ3) is 6.44. The number of halogens is 1. The second-order valence-corrected chi connectivity index (χ2v) is 7.00. The summed E-state index contributed by atoms with van der Waals surface area (Å²) in [5.74, 6) is -0.170. The molecule has 0 saturated heterocycles. The van der Waals surface area contributed by atoms with Crippen LogP contribution in [0, 0.1) is 0 Å². The summed E-state index contributed by atoms with van der Waals surface area (Å²) in [5.41, 5.74) is 5.65. The Kier molecular flexibility index (Phi) is 6.99. The van der Waals surface area contributed by atoms with E-state index in [1.54, 1.807) is 30.3 Å². The van der Waals surface area contributed by atoms with Crippen molar-refractivity contribution >= 4 is 51.5 Å². The predicted molar refractivity (Wildman–Crippen MR) is 117 cm³/mol. The van der Waals surface area contributed by atoms with Crippen molar-refractivity contribution < 1.29 is 14.3 Å². The van der Waals surface area contributed by atoms with Gasteiger partial charge in [0, 0.05) is 5.02 Å². The number of carbonyl (C=O) groups is 2. The molecular weight excluding hydrogens is 410 g/mol. The molecule has 0 atom stereocenters. The number of amides is 2. The molecule has 8 heteroatoms. The minimum absolute atomic E-state index is 0.0111. The van der Waals surface area contributed by atoms with Gasteiger partial charge in [0.25, 0.3) is 5.91 Å². The summed E-state index contributed by atoms with van der Waals surface area (Å²) in [6.07, 6.45) is 0.137. The first-order chi connectivity index (χ1) is 14.0. The molecule has 0 unspecified atom stereocenters. The molecule has 0 aliphatic rings. The molecule has 0 saturated carbocycles. The summed E-state index contributed by atoms with van der Waals surface area (Å²) in [7, 11) is 0. The van der Waals surface area contributed by atoms with Crippen LogP contribution in [0.2, 0.25) is 5.02 Å². The van der Waals surface area contributed by atoms with Crippen LogP contribution in [-0.4, -0.2) is 23.5 Å². The van der Waals surface area contributed by atoms with E-state index in [0.717, 1.165) is 16.3 Å². The number of ether oxygens (including phenoxy) is 1. The maximum Gasteiger partial charge on any atom is 0.276 e. The van der Waals surface area contributed by atoms with Crippen molar-refractivity contribution in [3.8, 4) is 5.75 Å². The molecule has 2 amide bonds. The van der Waals surface area contributed by atoms with Crippen LogP contribution in [-0.2, 0) is 16.0 Å². The molecular formula is C21H18ClN3O3S. The van der Waals surface area contributed by atoms with Crippen LogP contribution in [0.1, 0.15) is 5.56 Å². The van der Waals surface area contributed by atoms with Gasteiger partial charge in [-0.2, -0.15) is 0 Å². The van der Waals surface area contributed by atoms with Crippen molar-refractivity contribution in [3.05, 3.63) is 77.3 Å². The summed E-state index contributed by atoms with van der Waals surface area (Å²) in [4.78, 5) is 23.9. The number of fused-ring (bicyclic) bond motifs is 1. The molecule has 3 aromatic carbocycles. The summed E-state index contributed by atoms with van der Waals surface area (Å²) in [6.45, 7) is -0.202. The first-order valence-corrected chi connectivity index (χ1v) is 9.53. The van der Waals surface area contributed by atoms with E-state index in [9.17, 15) is 9.59 Å². The van der Waals surface area contributed by atoms with Gasteiger partial charge >= 0.3 is 0 Å². The third-order valence-electron chi connectivity index (χ3n) is 3.94. The predicted octanol–water partition coefficient (Wildman–Crippen LogP) is 3.14. The van der Waals surface area contributed by atoms with E-state index < -0.39 is 5.91 Å². The van der Waals surface area contributed by atoms with Gasteiger partial charge in [-0.3, -0.25) is 20.4 Å². The molecule has 0 radical (unpaired) electrons. The number of thiocarbonyl (C=S) groups is 1. The Morgan fingerprint density at radius 1 is 0.897 bits per heavy atom. The van der Waals surface area contributed by atoms with Crippen LogP contribution >= 0.6 is 23.8 Å². The zero-order valence-corrected chi connectivity index (χ0v) is 16.8. The lowest BCUT2D eigenvalue weighted by atomic mass is 10.1. The highest BCUT2D eigenvalue weighted by Gasteiger charge is 2.08. The molecule has 6 nitrogen and oxygen atoms in total. The Morgan fingerprint density at radius 2 is 1.62 bits per heavy atom. The topological polar surface area (TPSA) is 79.5 Å². The summed E-state index contributed by atoms with van der Waals surface area (Å²) < 4.78 is 5.48. The van der Waals surface area contributed by atoms with E-state index in [1.165, 1.54) is 0 Å². The first-order valence-electron chi connectivity index (χ1n) is 8.74. The Hall–Kier alpha value is -3.16. The van der Waals surface area contributed by atoms with Gasteiger partial charge in [-0.15, -0.1) is 0 Å². The minimum atomic E-state index is -0.438. The van der Waals surface area contributed by atoms with Crippen LogP contribution in [0.25, 0.3) is 10.8 Å². The van der Waals surface area contributed by atoms with E-state index in [1.807, 2.05) is 36.4 Å². The van der Waals surface area contributed by atoms with E-state index in [0.29, 0.717) is 10.8 Å². The number of carbonyl (C=O) groups excluding carboxylic acids is 2. The van der Waals surface area contributed by atoms with Gasteiger partial charge in [-0.1, -0.05) is 54.1 Å². The molecule has 3 aromatic rings. The lowest BCUT2D eigenvalue weighted by molar-refractivity contribution is -0.124. The lowest BCUT2D eigenvalue weighted by Crippen LogP contribution is -2.49. The average Bonchev–Trinajstić information content (AvgIpc) is 2.72. The second kappa shape index (κ2) is 9.86. The van der Waals surface area contributed by atoms with Crippen molar-refractivity contribution in [1.29, 1.82) is 0 Å². The van der Waals surface area contributed by atoms with Crippen molar-refractivity contribution in [2.45, 2.75) is 6.42 Å². The second-order valence-electron chi connectivity index (χ2n) is 6.15. The van der Waals surface area contributed by atoms with Crippen LogP contribution < -0.4 is 20.9 Å². The molecule has 0 aromatic heterocycles. The maximum atomic E-state index is 12.0. The molecule has 0 aliphatic carbocycles. The van der Waals surface area contributed by atoms with Gasteiger partial charge in [0.1, 0.15) is 5.75 Å². The van der Waals surface area contributed by atoms with Crippen molar-refractivity contribution in [3.63, 3.8) is 0 Å². The van der Waals surface area contributed by atoms with Crippen molar-refractivity contribution in [1.82, 2.24) is 16.2 Å². The number of hydrogen-bond donors (Lipinski definition) is 3. The molecule has 0 spiro atoms. The Morgan fingerprint density at radius 3 is 2.38 bits per heavy atom. The zero-order chi connectivity index (χ0) is 20.6. The quantitative estimate of drug-likeness (QED) is 0.430. The van der Waals surface area contributed by atoms with Gasteiger partial charge in [-0.05, 0) is 52.8 Å².